The summed E-state index contributed by atoms with van der Waals surface area (Å²) in [6, 6.07) is 7.36. The number of ether oxygens (including phenoxy) is 2. The molecule has 0 atom stereocenters. The fourth-order valence-corrected chi connectivity index (χ4v) is 4.90. The minimum absolute atomic E-state index is 0.0225. The molecule has 0 fully saturated rings. The predicted molar refractivity (Wildman–Crippen MR) is 139 cm³/mol. The summed E-state index contributed by atoms with van der Waals surface area (Å²) in [5.41, 5.74) is 0.633. The van der Waals surface area contributed by atoms with Crippen molar-refractivity contribution in [3.05, 3.63) is 63.2 Å². The first-order chi connectivity index (χ1) is 18.1. The molecule has 0 aliphatic carbocycles. The molecule has 2 aromatic carbocycles. The number of aliphatic hydroxyl groups excluding tert-OH is 1. The molecule has 1 amide bonds. The number of sulfonamides is 1. The van der Waals surface area contributed by atoms with Crippen molar-refractivity contribution >= 4 is 33.0 Å². The van der Waals surface area contributed by atoms with Gasteiger partial charge in [-0.2, -0.15) is 0 Å². The molecule has 12 nitrogen and oxygen atoms in total. The Morgan fingerprint density at radius 3 is 2.53 bits per heavy atom. The number of fused-ring (bicyclic) bond motifs is 1. The van der Waals surface area contributed by atoms with E-state index in [1.165, 1.54) is 25.2 Å². The quantitative estimate of drug-likeness (QED) is 0.321. The second-order valence-corrected chi connectivity index (χ2v) is 10.1. The number of carbonyl (C=O) groups is 2. The van der Waals surface area contributed by atoms with Gasteiger partial charge in [0.15, 0.2) is 12.4 Å². The number of nitrogens with one attached hydrogen (secondary N) is 2. The van der Waals surface area contributed by atoms with Crippen molar-refractivity contribution in [3.8, 4) is 5.69 Å². The molecule has 0 saturated heterocycles. The smallest absolute Gasteiger partial charge is 0.407 e. The largest absolute Gasteiger partial charge is 0.462 e. The predicted octanol–water partition coefficient (Wildman–Crippen LogP) is 1.70. The molecule has 0 saturated carbocycles. The lowest BCUT2D eigenvalue weighted by Gasteiger charge is -2.19. The average molecular weight is 547 g/mol. The summed E-state index contributed by atoms with van der Waals surface area (Å²) in [6.07, 6.45) is -0.241. The highest BCUT2D eigenvalue weighted by atomic mass is 32.2. The number of benzene rings is 2. The van der Waals surface area contributed by atoms with E-state index in [1.807, 2.05) is 6.92 Å². The highest BCUT2D eigenvalue weighted by Gasteiger charge is 2.25. The number of carbonyl (C=O) groups excluding carboxylic acids is 2. The number of esters is 1. The summed E-state index contributed by atoms with van der Waals surface area (Å²) in [6.45, 7) is 4.52. The number of hydrogen-bond acceptors (Lipinski definition) is 9. The molecule has 3 N–H and O–H groups in total. The number of nitrogens with zero attached hydrogens (tertiary/aromatic N) is 2. The Morgan fingerprint density at radius 2 is 1.87 bits per heavy atom. The monoisotopic (exact) mass is 546 g/mol. The van der Waals surface area contributed by atoms with Crippen LogP contribution in [0.15, 0.2) is 40.0 Å². The summed E-state index contributed by atoms with van der Waals surface area (Å²) in [4.78, 5) is 43.2. The van der Waals surface area contributed by atoms with Crippen LogP contribution in [-0.4, -0.2) is 61.9 Å². The zero-order valence-corrected chi connectivity index (χ0v) is 22.3. The topological polar surface area (TPSA) is 166 Å². The van der Waals surface area contributed by atoms with Gasteiger partial charge in [-0.25, -0.2) is 27.7 Å². The molecule has 0 aliphatic heterocycles. The summed E-state index contributed by atoms with van der Waals surface area (Å²) >= 11 is 0. The molecule has 1 heterocycles. The third-order valence-electron chi connectivity index (χ3n) is 5.70. The molecule has 0 unspecified atom stereocenters. The van der Waals surface area contributed by atoms with E-state index >= 15 is 0 Å². The van der Waals surface area contributed by atoms with Crippen LogP contribution in [0.2, 0.25) is 0 Å². The number of amides is 1. The van der Waals surface area contributed by atoms with Crippen LogP contribution < -0.4 is 15.6 Å². The number of aryl methyl sites for hydroxylation is 2. The third-order valence-corrected chi connectivity index (χ3v) is 7.16. The van der Waals surface area contributed by atoms with Crippen molar-refractivity contribution in [1.29, 1.82) is 0 Å². The van der Waals surface area contributed by atoms with Crippen LogP contribution in [0, 0.1) is 13.8 Å². The molecule has 3 aromatic rings. The van der Waals surface area contributed by atoms with Gasteiger partial charge in [0.25, 0.3) is 5.56 Å². The van der Waals surface area contributed by atoms with Crippen LogP contribution in [0.25, 0.3) is 16.6 Å². The molecule has 204 valence electrons. The van der Waals surface area contributed by atoms with Crippen molar-refractivity contribution in [2.75, 3.05) is 26.8 Å². The highest BCUT2D eigenvalue weighted by Crippen LogP contribution is 2.26. The summed E-state index contributed by atoms with van der Waals surface area (Å²) < 4.78 is 39.4. The summed E-state index contributed by atoms with van der Waals surface area (Å²) in [5, 5.41) is 11.3. The average Bonchev–Trinajstić information content (AvgIpc) is 2.89. The van der Waals surface area contributed by atoms with Crippen molar-refractivity contribution in [1.82, 2.24) is 19.6 Å². The third kappa shape index (κ3) is 5.85. The van der Waals surface area contributed by atoms with E-state index in [4.69, 9.17) is 14.6 Å². The number of alkyl carbamates (subject to hydrolysis) is 1. The Balaban J connectivity index is 2.34. The Bertz CT molecular complexity index is 1530. The van der Waals surface area contributed by atoms with Gasteiger partial charge in [0, 0.05) is 6.54 Å². The second-order valence-electron chi connectivity index (χ2n) is 8.29. The molecule has 0 radical (unpaired) electrons. The maximum absolute atomic E-state index is 14.0. The molecule has 13 heteroatoms. The van der Waals surface area contributed by atoms with Crippen molar-refractivity contribution in [2.24, 2.45) is 0 Å². The lowest BCUT2D eigenvalue weighted by Crippen LogP contribution is -2.31. The van der Waals surface area contributed by atoms with Gasteiger partial charge < -0.3 is 19.9 Å². The maximum atomic E-state index is 14.0. The van der Waals surface area contributed by atoms with Crippen molar-refractivity contribution < 1.29 is 32.6 Å². The maximum Gasteiger partial charge on any atom is 0.407 e. The van der Waals surface area contributed by atoms with Gasteiger partial charge in [-0.15, -0.1) is 0 Å². The zero-order chi connectivity index (χ0) is 28.0. The fraction of sp³-hybridized carbons (Fsp3) is 0.360. The van der Waals surface area contributed by atoms with Crippen molar-refractivity contribution in [3.63, 3.8) is 0 Å². The molecule has 38 heavy (non-hydrogen) atoms. The minimum Gasteiger partial charge on any atom is -0.462 e. The molecule has 1 aromatic heterocycles. The van der Waals surface area contributed by atoms with Gasteiger partial charge >= 0.3 is 12.1 Å². The highest BCUT2D eigenvalue weighted by molar-refractivity contribution is 7.89. The molecule has 0 bridgehead atoms. The van der Waals surface area contributed by atoms with E-state index in [0.717, 1.165) is 4.57 Å². The van der Waals surface area contributed by atoms with Crippen LogP contribution in [0.1, 0.15) is 40.7 Å². The number of aromatic nitrogens is 2. The number of para-hydroxylation sites is 1. The Morgan fingerprint density at radius 1 is 1.16 bits per heavy atom. The first-order valence-electron chi connectivity index (χ1n) is 11.8. The lowest BCUT2D eigenvalue weighted by atomic mass is 9.98. The second kappa shape index (κ2) is 12.2. The summed E-state index contributed by atoms with van der Waals surface area (Å²) in [5.74, 6) is -0.638. The van der Waals surface area contributed by atoms with Crippen LogP contribution in [-0.2, 0) is 26.1 Å². The van der Waals surface area contributed by atoms with Gasteiger partial charge in [0.1, 0.15) is 4.90 Å². The normalized spacial score (nSPS) is 11.4. The molecule has 3 rings (SSSR count). The van der Waals surface area contributed by atoms with E-state index in [2.05, 4.69) is 15.0 Å². The van der Waals surface area contributed by atoms with Crippen LogP contribution in [0.5, 0.6) is 0 Å². The minimum atomic E-state index is -4.02. The fourth-order valence-electron chi connectivity index (χ4n) is 3.98. The van der Waals surface area contributed by atoms with Gasteiger partial charge in [-0.3, -0.25) is 9.36 Å². The standard InChI is InChI=1S/C25H30N4O8S/c1-5-12-36-24(32)21-15(2)13-17-22(16(21)3)23(31)29(20(28-17)14-37-25(33)27-10-11-30)18-8-6-7-9-19(18)38(34,35)26-4/h6-9,13,26,30H,5,10-12,14H2,1-4H3,(H,27,33). The lowest BCUT2D eigenvalue weighted by molar-refractivity contribution is 0.0503. The Hall–Kier alpha value is -3.81. The SMILES string of the molecule is CCCOC(=O)c1c(C)cc2nc(COC(=O)NCCO)n(-c3ccccc3S(=O)(=O)NC)c(=O)c2c1C. The number of hydrogen-bond donors (Lipinski definition) is 3. The van der Waals surface area contributed by atoms with E-state index in [0.29, 0.717) is 17.5 Å². The van der Waals surface area contributed by atoms with E-state index in [1.54, 1.807) is 26.0 Å². The van der Waals surface area contributed by atoms with Gasteiger partial charge in [0.2, 0.25) is 10.0 Å². The molecular formula is C25H30N4O8S. The van der Waals surface area contributed by atoms with E-state index in [9.17, 15) is 22.8 Å². The first kappa shape index (κ1) is 28.8. The van der Waals surface area contributed by atoms with Crippen LogP contribution in [0.4, 0.5) is 4.79 Å². The van der Waals surface area contributed by atoms with Crippen LogP contribution >= 0.6 is 0 Å². The van der Waals surface area contributed by atoms with E-state index < -0.39 is 34.3 Å². The summed E-state index contributed by atoms with van der Waals surface area (Å²) in [7, 11) is -2.78. The Labute approximate surface area is 219 Å². The van der Waals surface area contributed by atoms with Gasteiger partial charge in [-0.05, 0) is 56.6 Å². The van der Waals surface area contributed by atoms with Crippen LogP contribution in [0.3, 0.4) is 0 Å². The first-order valence-corrected chi connectivity index (χ1v) is 13.3. The number of aliphatic hydroxyl groups is 1. The Kier molecular flexibility index (Phi) is 9.20. The zero-order valence-electron chi connectivity index (χ0n) is 21.5. The number of rotatable bonds is 10. The van der Waals surface area contributed by atoms with Gasteiger partial charge in [0.05, 0.1) is 35.4 Å². The van der Waals surface area contributed by atoms with Crippen molar-refractivity contribution in [2.45, 2.75) is 38.7 Å². The molecule has 0 aliphatic rings. The molecule has 0 spiro atoms. The van der Waals surface area contributed by atoms with Gasteiger partial charge in [-0.1, -0.05) is 19.1 Å². The molecular weight excluding hydrogens is 516 g/mol. The van der Waals surface area contributed by atoms with E-state index in [-0.39, 0.29) is 52.6 Å².